The minimum atomic E-state index is -0.0721. The van der Waals surface area contributed by atoms with Gasteiger partial charge in [0.15, 0.2) is 0 Å². The standard InChI is InChI=1S/C15H26O4/c1-13-11-18-10-8-6-4-5-7-9-14(17-3)15(13)19-12-16-2/h6-9,13-15H,4-5,10-12H2,1-3H3/t13-,14+,15+/m1/s1. The third-order valence-electron chi connectivity index (χ3n) is 3.12. The van der Waals surface area contributed by atoms with Gasteiger partial charge < -0.3 is 18.9 Å². The van der Waals surface area contributed by atoms with E-state index in [0.29, 0.717) is 13.2 Å². The molecule has 1 aliphatic rings. The van der Waals surface area contributed by atoms with Crippen molar-refractivity contribution >= 4 is 0 Å². The Hall–Kier alpha value is -0.680. The van der Waals surface area contributed by atoms with Crippen LogP contribution in [-0.2, 0) is 18.9 Å². The van der Waals surface area contributed by atoms with E-state index in [-0.39, 0.29) is 24.9 Å². The second-order valence-corrected chi connectivity index (χ2v) is 4.73. The van der Waals surface area contributed by atoms with Gasteiger partial charge >= 0.3 is 0 Å². The van der Waals surface area contributed by atoms with E-state index in [9.17, 15) is 0 Å². The molecule has 1 aliphatic heterocycles. The van der Waals surface area contributed by atoms with Crippen LogP contribution >= 0.6 is 0 Å². The molecule has 0 fully saturated rings. The third kappa shape index (κ3) is 6.34. The van der Waals surface area contributed by atoms with Crippen molar-refractivity contribution in [2.24, 2.45) is 5.92 Å². The van der Waals surface area contributed by atoms with Gasteiger partial charge in [-0.1, -0.05) is 31.2 Å². The minimum absolute atomic E-state index is 0.0652. The molecule has 0 aromatic carbocycles. The van der Waals surface area contributed by atoms with Crippen LogP contribution in [-0.4, -0.2) is 46.4 Å². The van der Waals surface area contributed by atoms with Crippen molar-refractivity contribution in [1.82, 2.24) is 0 Å². The van der Waals surface area contributed by atoms with Crippen molar-refractivity contribution in [1.29, 1.82) is 0 Å². The van der Waals surface area contributed by atoms with Crippen LogP contribution in [0.15, 0.2) is 24.3 Å². The lowest BCUT2D eigenvalue weighted by Crippen LogP contribution is -2.37. The van der Waals surface area contributed by atoms with Gasteiger partial charge in [0.2, 0.25) is 0 Å². The van der Waals surface area contributed by atoms with Crippen molar-refractivity contribution in [3.63, 3.8) is 0 Å². The molecule has 0 aromatic rings. The molecule has 3 atom stereocenters. The van der Waals surface area contributed by atoms with Gasteiger partial charge in [-0.2, -0.15) is 0 Å². The summed E-state index contributed by atoms with van der Waals surface area (Å²) < 4.78 is 21.9. The Morgan fingerprint density at radius 1 is 1.16 bits per heavy atom. The Bertz CT molecular complexity index is 275. The fourth-order valence-corrected chi connectivity index (χ4v) is 2.08. The van der Waals surface area contributed by atoms with Crippen molar-refractivity contribution in [2.75, 3.05) is 34.2 Å². The van der Waals surface area contributed by atoms with Gasteiger partial charge in [-0.15, -0.1) is 0 Å². The van der Waals surface area contributed by atoms with E-state index in [2.05, 4.69) is 31.2 Å². The van der Waals surface area contributed by atoms with Crippen LogP contribution in [0.1, 0.15) is 19.8 Å². The van der Waals surface area contributed by atoms with E-state index >= 15 is 0 Å². The molecule has 0 saturated carbocycles. The molecule has 1 heterocycles. The Balaban J connectivity index is 2.71. The van der Waals surface area contributed by atoms with E-state index in [4.69, 9.17) is 18.9 Å². The van der Waals surface area contributed by atoms with Gasteiger partial charge in [-0.05, 0) is 12.8 Å². The van der Waals surface area contributed by atoms with Crippen molar-refractivity contribution in [2.45, 2.75) is 32.0 Å². The van der Waals surface area contributed by atoms with Crippen molar-refractivity contribution < 1.29 is 18.9 Å². The van der Waals surface area contributed by atoms with E-state index in [1.807, 2.05) is 0 Å². The third-order valence-corrected chi connectivity index (χ3v) is 3.12. The lowest BCUT2D eigenvalue weighted by atomic mass is 9.99. The molecule has 0 aliphatic carbocycles. The highest BCUT2D eigenvalue weighted by molar-refractivity contribution is 4.97. The smallest absolute Gasteiger partial charge is 0.146 e. The Labute approximate surface area is 116 Å². The van der Waals surface area contributed by atoms with Crippen LogP contribution in [0, 0.1) is 5.92 Å². The zero-order valence-corrected chi connectivity index (χ0v) is 12.2. The van der Waals surface area contributed by atoms with E-state index in [1.54, 1.807) is 14.2 Å². The van der Waals surface area contributed by atoms with Gasteiger partial charge in [-0.3, -0.25) is 0 Å². The molecular weight excluding hydrogens is 244 g/mol. The lowest BCUT2D eigenvalue weighted by Gasteiger charge is -2.29. The molecule has 0 spiro atoms. The number of allylic oxidation sites excluding steroid dienone is 2. The summed E-state index contributed by atoms with van der Waals surface area (Å²) in [5.74, 6) is 0.234. The second kappa shape index (κ2) is 10.1. The highest BCUT2D eigenvalue weighted by Crippen LogP contribution is 2.17. The van der Waals surface area contributed by atoms with Crippen LogP contribution < -0.4 is 0 Å². The van der Waals surface area contributed by atoms with Crippen LogP contribution in [0.3, 0.4) is 0 Å². The van der Waals surface area contributed by atoms with Gasteiger partial charge in [0.25, 0.3) is 0 Å². The molecular formula is C15H26O4. The number of rotatable bonds is 4. The molecule has 0 amide bonds. The number of hydrogen-bond acceptors (Lipinski definition) is 4. The summed E-state index contributed by atoms with van der Waals surface area (Å²) in [4.78, 5) is 0. The summed E-state index contributed by atoms with van der Waals surface area (Å²) >= 11 is 0. The maximum Gasteiger partial charge on any atom is 0.146 e. The summed E-state index contributed by atoms with van der Waals surface area (Å²) in [7, 11) is 3.33. The molecule has 0 saturated heterocycles. The fourth-order valence-electron chi connectivity index (χ4n) is 2.08. The molecule has 0 unspecified atom stereocenters. The zero-order chi connectivity index (χ0) is 13.9. The topological polar surface area (TPSA) is 36.9 Å². The maximum absolute atomic E-state index is 5.76. The molecule has 0 aromatic heterocycles. The van der Waals surface area contributed by atoms with Gasteiger partial charge in [-0.25, -0.2) is 0 Å². The SMILES string of the molecule is COCO[C@H]1[C@H](C)COCC=CCCC=C[C@@H]1OC. The lowest BCUT2D eigenvalue weighted by molar-refractivity contribution is -0.135. The van der Waals surface area contributed by atoms with Crippen LogP contribution in [0.25, 0.3) is 0 Å². The molecule has 0 N–H and O–H groups in total. The quantitative estimate of drug-likeness (QED) is 0.581. The molecule has 110 valence electrons. The molecule has 1 rings (SSSR count). The Morgan fingerprint density at radius 3 is 2.68 bits per heavy atom. The first-order chi connectivity index (χ1) is 9.29. The van der Waals surface area contributed by atoms with E-state index < -0.39 is 0 Å². The molecule has 0 radical (unpaired) electrons. The predicted molar refractivity (Wildman–Crippen MR) is 75.0 cm³/mol. The second-order valence-electron chi connectivity index (χ2n) is 4.73. The van der Waals surface area contributed by atoms with Gasteiger partial charge in [0, 0.05) is 20.1 Å². The van der Waals surface area contributed by atoms with E-state index in [0.717, 1.165) is 12.8 Å². The number of hydrogen-bond donors (Lipinski definition) is 0. The highest BCUT2D eigenvalue weighted by atomic mass is 16.7. The normalized spacial score (nSPS) is 29.7. The first-order valence-corrected chi connectivity index (χ1v) is 6.82. The Morgan fingerprint density at radius 2 is 1.95 bits per heavy atom. The molecule has 0 bridgehead atoms. The summed E-state index contributed by atoms with van der Waals surface area (Å²) in [5, 5.41) is 0. The number of methoxy groups -OCH3 is 2. The summed E-state index contributed by atoms with van der Waals surface area (Å²) in [6.45, 7) is 3.67. The molecule has 4 heteroatoms. The fraction of sp³-hybridized carbons (Fsp3) is 0.733. The van der Waals surface area contributed by atoms with Crippen molar-refractivity contribution in [3.8, 4) is 0 Å². The Kier molecular flexibility index (Phi) is 8.75. The first-order valence-electron chi connectivity index (χ1n) is 6.82. The first kappa shape index (κ1) is 16.4. The monoisotopic (exact) mass is 270 g/mol. The number of ether oxygens (including phenoxy) is 4. The largest absolute Gasteiger partial charge is 0.377 e. The summed E-state index contributed by atoms with van der Waals surface area (Å²) in [6, 6.07) is 0. The van der Waals surface area contributed by atoms with Crippen LogP contribution in [0.2, 0.25) is 0 Å². The van der Waals surface area contributed by atoms with Crippen molar-refractivity contribution in [3.05, 3.63) is 24.3 Å². The van der Waals surface area contributed by atoms with Gasteiger partial charge in [0.1, 0.15) is 12.9 Å². The van der Waals surface area contributed by atoms with Crippen LogP contribution in [0.5, 0.6) is 0 Å². The highest BCUT2D eigenvalue weighted by Gasteiger charge is 2.26. The summed E-state index contributed by atoms with van der Waals surface area (Å²) in [6.07, 6.45) is 10.3. The van der Waals surface area contributed by atoms with Crippen LogP contribution in [0.4, 0.5) is 0 Å². The maximum atomic E-state index is 5.76. The minimum Gasteiger partial charge on any atom is -0.377 e. The summed E-state index contributed by atoms with van der Waals surface area (Å²) in [5.41, 5.74) is 0. The zero-order valence-electron chi connectivity index (χ0n) is 12.2. The van der Waals surface area contributed by atoms with Gasteiger partial charge in [0.05, 0.1) is 19.3 Å². The van der Waals surface area contributed by atoms with E-state index in [1.165, 1.54) is 0 Å². The molecule has 19 heavy (non-hydrogen) atoms. The predicted octanol–water partition coefficient (Wildman–Crippen LogP) is 2.55. The average molecular weight is 270 g/mol. The molecule has 4 nitrogen and oxygen atoms in total. The average Bonchev–Trinajstić information content (AvgIpc) is 2.41.